The van der Waals surface area contributed by atoms with Gasteiger partial charge >= 0.3 is 0 Å². The zero-order valence-corrected chi connectivity index (χ0v) is 17.6. The van der Waals surface area contributed by atoms with Crippen LogP contribution >= 0.6 is 0 Å². The summed E-state index contributed by atoms with van der Waals surface area (Å²) in [4.78, 5) is 14.4. The van der Waals surface area contributed by atoms with Crippen LogP contribution < -0.4 is 9.47 Å². The van der Waals surface area contributed by atoms with E-state index in [0.717, 1.165) is 49.2 Å². The molecule has 0 saturated carbocycles. The maximum absolute atomic E-state index is 12.0. The normalized spacial score (nSPS) is 20.9. The number of benzene rings is 3. The highest BCUT2D eigenvalue weighted by atomic mass is 16.6. The van der Waals surface area contributed by atoms with Gasteiger partial charge in [-0.1, -0.05) is 60.7 Å². The molecule has 0 amide bonds. The predicted octanol–water partition coefficient (Wildman–Crippen LogP) is 5.42. The minimum absolute atomic E-state index is 0.0977. The lowest BCUT2D eigenvalue weighted by molar-refractivity contribution is -0.115. The van der Waals surface area contributed by atoms with Crippen molar-refractivity contribution in [1.82, 2.24) is 4.90 Å². The second-order valence-corrected chi connectivity index (χ2v) is 8.26. The van der Waals surface area contributed by atoms with Crippen molar-refractivity contribution < 1.29 is 14.3 Å². The molecule has 4 nitrogen and oxygen atoms in total. The molecular weight excluding hydrogens is 386 g/mol. The lowest BCUT2D eigenvalue weighted by Gasteiger charge is -2.41. The monoisotopic (exact) mass is 413 g/mol. The van der Waals surface area contributed by atoms with Gasteiger partial charge in [0, 0.05) is 18.2 Å². The van der Waals surface area contributed by atoms with Crippen LogP contribution in [0.4, 0.5) is 0 Å². The van der Waals surface area contributed by atoms with Crippen molar-refractivity contribution in [2.75, 3.05) is 13.2 Å². The highest BCUT2D eigenvalue weighted by Gasteiger charge is 2.34. The van der Waals surface area contributed by atoms with Gasteiger partial charge in [-0.25, -0.2) is 0 Å². The predicted molar refractivity (Wildman–Crippen MR) is 121 cm³/mol. The minimum atomic E-state index is -0.0977. The summed E-state index contributed by atoms with van der Waals surface area (Å²) in [6.07, 6.45) is 4.03. The summed E-state index contributed by atoms with van der Waals surface area (Å²) in [6.45, 7) is 1.86. The summed E-state index contributed by atoms with van der Waals surface area (Å²) >= 11 is 0. The standard InChI is InChI=1S/C27H27NO3/c29-19-23-11-5-13-25(24-12-6-14-26-27(24)31-16-15-30-26)28(23)18-20-7-4-10-22(17-20)21-8-2-1-3-9-21/h1-4,6-10,12,14,17,19,23,25H,5,11,13,15-16,18H2. The number of aldehydes is 1. The number of hydrogen-bond donors (Lipinski definition) is 0. The molecule has 158 valence electrons. The zero-order chi connectivity index (χ0) is 21.0. The van der Waals surface area contributed by atoms with Crippen LogP contribution in [0.2, 0.25) is 0 Å². The second-order valence-electron chi connectivity index (χ2n) is 8.26. The van der Waals surface area contributed by atoms with E-state index >= 15 is 0 Å². The van der Waals surface area contributed by atoms with E-state index in [0.29, 0.717) is 13.2 Å². The first kappa shape index (κ1) is 19.8. The molecule has 5 rings (SSSR count). The molecule has 2 unspecified atom stereocenters. The first-order valence-electron chi connectivity index (χ1n) is 11.1. The Bertz CT molecular complexity index is 1050. The first-order valence-corrected chi connectivity index (χ1v) is 11.1. The molecule has 0 bridgehead atoms. The van der Waals surface area contributed by atoms with Crippen molar-refractivity contribution in [3.8, 4) is 22.6 Å². The van der Waals surface area contributed by atoms with Gasteiger partial charge in [0.15, 0.2) is 11.5 Å². The lowest BCUT2D eigenvalue weighted by atomic mass is 9.89. The molecule has 2 aliphatic rings. The van der Waals surface area contributed by atoms with Crippen molar-refractivity contribution in [2.45, 2.75) is 37.9 Å². The van der Waals surface area contributed by atoms with Crippen LogP contribution in [0.15, 0.2) is 72.8 Å². The molecule has 1 fully saturated rings. The van der Waals surface area contributed by atoms with E-state index in [1.165, 1.54) is 16.7 Å². The van der Waals surface area contributed by atoms with Gasteiger partial charge in [-0.2, -0.15) is 0 Å². The number of rotatable bonds is 5. The van der Waals surface area contributed by atoms with Crippen LogP contribution in [-0.2, 0) is 11.3 Å². The Balaban J connectivity index is 1.48. The topological polar surface area (TPSA) is 38.8 Å². The van der Waals surface area contributed by atoms with E-state index < -0.39 is 0 Å². The van der Waals surface area contributed by atoms with Gasteiger partial charge in [-0.15, -0.1) is 0 Å². The Labute approximate surface area is 183 Å². The van der Waals surface area contributed by atoms with Crippen LogP contribution in [-0.4, -0.2) is 30.4 Å². The number of nitrogens with zero attached hydrogens (tertiary/aromatic N) is 1. The average molecular weight is 414 g/mol. The Kier molecular flexibility index (Phi) is 5.72. The Hall–Kier alpha value is -3.11. The van der Waals surface area contributed by atoms with E-state index in [9.17, 15) is 4.79 Å². The summed E-state index contributed by atoms with van der Waals surface area (Å²) in [7, 11) is 0. The molecule has 0 spiro atoms. The molecule has 0 N–H and O–H groups in total. The minimum Gasteiger partial charge on any atom is -0.486 e. The van der Waals surface area contributed by atoms with Crippen LogP contribution in [0.25, 0.3) is 11.1 Å². The molecule has 4 heteroatoms. The number of likely N-dealkylation sites (tertiary alicyclic amines) is 1. The summed E-state index contributed by atoms with van der Waals surface area (Å²) in [5.41, 5.74) is 4.74. The van der Waals surface area contributed by atoms with Crippen LogP contribution in [0, 0.1) is 0 Å². The Morgan fingerprint density at radius 2 is 1.68 bits per heavy atom. The second kappa shape index (κ2) is 8.94. The molecule has 0 radical (unpaired) electrons. The smallest absolute Gasteiger partial charge is 0.166 e. The van der Waals surface area contributed by atoms with Crippen molar-refractivity contribution >= 4 is 6.29 Å². The number of ether oxygens (including phenoxy) is 2. The number of piperidine rings is 1. The summed E-state index contributed by atoms with van der Waals surface area (Å²) < 4.78 is 11.8. The molecule has 3 aromatic rings. The molecule has 0 aromatic heterocycles. The Morgan fingerprint density at radius 3 is 2.55 bits per heavy atom. The van der Waals surface area contributed by atoms with E-state index in [4.69, 9.17) is 9.47 Å². The maximum atomic E-state index is 12.0. The first-order chi connectivity index (χ1) is 15.3. The van der Waals surface area contributed by atoms with Crippen LogP contribution in [0.1, 0.15) is 36.4 Å². The third kappa shape index (κ3) is 4.08. The number of hydrogen-bond acceptors (Lipinski definition) is 4. The fourth-order valence-corrected chi connectivity index (χ4v) is 4.84. The highest BCUT2D eigenvalue weighted by molar-refractivity contribution is 5.64. The van der Waals surface area contributed by atoms with Gasteiger partial charge in [-0.05, 0) is 48.1 Å². The van der Waals surface area contributed by atoms with Gasteiger partial charge in [0.25, 0.3) is 0 Å². The summed E-state index contributed by atoms with van der Waals surface area (Å²) in [5.74, 6) is 1.65. The molecular formula is C27H27NO3. The van der Waals surface area contributed by atoms with Crippen molar-refractivity contribution in [1.29, 1.82) is 0 Å². The zero-order valence-electron chi connectivity index (χ0n) is 17.6. The summed E-state index contributed by atoms with van der Waals surface area (Å²) in [5, 5.41) is 0. The van der Waals surface area contributed by atoms with E-state index in [2.05, 4.69) is 59.5 Å². The fourth-order valence-electron chi connectivity index (χ4n) is 4.84. The Morgan fingerprint density at radius 1 is 0.871 bits per heavy atom. The van der Waals surface area contributed by atoms with Crippen LogP contribution in [0.3, 0.4) is 0 Å². The van der Waals surface area contributed by atoms with Crippen molar-refractivity contribution in [3.63, 3.8) is 0 Å². The molecule has 3 aromatic carbocycles. The van der Waals surface area contributed by atoms with E-state index in [-0.39, 0.29) is 12.1 Å². The van der Waals surface area contributed by atoms with E-state index in [1.807, 2.05) is 18.2 Å². The van der Waals surface area contributed by atoms with Crippen molar-refractivity contribution in [3.05, 3.63) is 83.9 Å². The molecule has 1 saturated heterocycles. The highest BCUT2D eigenvalue weighted by Crippen LogP contribution is 2.44. The SMILES string of the molecule is O=CC1CCCC(c2cccc3c2OCCO3)N1Cc1cccc(-c2ccccc2)c1. The van der Waals surface area contributed by atoms with Gasteiger partial charge in [0.1, 0.15) is 19.5 Å². The van der Waals surface area contributed by atoms with Crippen molar-refractivity contribution in [2.24, 2.45) is 0 Å². The summed E-state index contributed by atoms with van der Waals surface area (Å²) in [6, 6.07) is 25.2. The van der Waals surface area contributed by atoms with Gasteiger partial charge in [0.2, 0.25) is 0 Å². The molecule has 2 heterocycles. The third-order valence-electron chi connectivity index (χ3n) is 6.32. The van der Waals surface area contributed by atoms with Crippen LogP contribution in [0.5, 0.6) is 11.5 Å². The number of para-hydroxylation sites is 1. The average Bonchev–Trinajstić information content (AvgIpc) is 2.84. The molecule has 2 aliphatic heterocycles. The number of carbonyl (C=O) groups excluding carboxylic acids is 1. The molecule has 0 aliphatic carbocycles. The molecule has 31 heavy (non-hydrogen) atoms. The van der Waals surface area contributed by atoms with Gasteiger partial charge in [-0.3, -0.25) is 4.90 Å². The van der Waals surface area contributed by atoms with Gasteiger partial charge < -0.3 is 14.3 Å². The number of carbonyl (C=O) groups is 1. The largest absolute Gasteiger partial charge is 0.486 e. The maximum Gasteiger partial charge on any atom is 0.166 e. The molecule has 2 atom stereocenters. The third-order valence-corrected chi connectivity index (χ3v) is 6.32. The fraction of sp³-hybridized carbons (Fsp3) is 0.296. The number of fused-ring (bicyclic) bond motifs is 1. The van der Waals surface area contributed by atoms with Gasteiger partial charge in [0.05, 0.1) is 6.04 Å². The lowest BCUT2D eigenvalue weighted by Crippen LogP contribution is -2.42. The quantitative estimate of drug-likeness (QED) is 0.524. The van der Waals surface area contributed by atoms with E-state index in [1.54, 1.807) is 0 Å².